The van der Waals surface area contributed by atoms with Crippen LogP contribution in [0.5, 0.6) is 0 Å². The van der Waals surface area contributed by atoms with Gasteiger partial charge in [-0.15, -0.1) is 0 Å². The van der Waals surface area contributed by atoms with E-state index in [1.807, 2.05) is 0 Å². The fraction of sp³-hybridized carbons (Fsp3) is 0.857. The number of amides is 2. The Labute approximate surface area is 78.6 Å². The molecule has 1 aliphatic rings. The summed E-state index contributed by atoms with van der Waals surface area (Å²) < 4.78 is 17.6. The number of hydrogen-bond acceptors (Lipinski definition) is 3. The van der Waals surface area contributed by atoms with Gasteiger partial charge in [-0.1, -0.05) is 0 Å². The fourth-order valence-electron chi connectivity index (χ4n) is 1.23. The summed E-state index contributed by atoms with van der Waals surface area (Å²) in [4.78, 5) is 13.0. The first-order valence-corrected chi connectivity index (χ1v) is 5.62. The number of nitrogens with zero attached hydrogens (tertiary/aromatic N) is 2. The van der Waals surface area contributed by atoms with E-state index in [2.05, 4.69) is 0 Å². The Morgan fingerprint density at radius 2 is 2.23 bits per heavy atom. The first-order valence-electron chi connectivity index (χ1n) is 4.36. The molecule has 13 heavy (non-hydrogen) atoms. The Kier molecular flexibility index (Phi) is 3.75. The molecule has 1 unspecified atom stereocenters. The second-order valence-corrected chi connectivity index (χ2v) is 4.27. The van der Waals surface area contributed by atoms with Crippen LogP contribution >= 0.6 is 8.18 Å². The summed E-state index contributed by atoms with van der Waals surface area (Å²) in [5.41, 5.74) is 0. The second kappa shape index (κ2) is 4.63. The third kappa shape index (κ3) is 2.45. The lowest BCUT2D eigenvalue weighted by atomic mass is 10.3. The molecule has 76 valence electrons. The van der Waals surface area contributed by atoms with E-state index in [0.29, 0.717) is 13.2 Å². The molecule has 0 spiro atoms. The maximum absolute atomic E-state index is 11.4. The molecular formula is C7H15N2O3P. The monoisotopic (exact) mass is 206 g/mol. The van der Waals surface area contributed by atoms with Crippen LogP contribution in [-0.4, -0.2) is 42.3 Å². The minimum Gasteiger partial charge on any atom is -0.327 e. The number of rotatable bonds is 3. The largest absolute Gasteiger partial charge is 0.327 e. The molecule has 1 atom stereocenters. The summed E-state index contributed by atoms with van der Waals surface area (Å²) in [6.07, 6.45) is 0.853. The van der Waals surface area contributed by atoms with Crippen molar-refractivity contribution in [3.63, 3.8) is 0 Å². The normalized spacial score (nSPS) is 20.6. The molecule has 0 bridgehead atoms. The zero-order chi connectivity index (χ0) is 9.84. The van der Waals surface area contributed by atoms with Gasteiger partial charge in [0, 0.05) is 20.1 Å². The van der Waals surface area contributed by atoms with E-state index in [4.69, 9.17) is 4.52 Å². The quantitative estimate of drug-likeness (QED) is 0.651. The summed E-state index contributed by atoms with van der Waals surface area (Å²) >= 11 is 0. The van der Waals surface area contributed by atoms with Gasteiger partial charge in [-0.05, 0) is 13.3 Å². The van der Waals surface area contributed by atoms with E-state index in [1.54, 1.807) is 18.9 Å². The maximum Gasteiger partial charge on any atom is 0.326 e. The Balaban J connectivity index is 2.57. The number of carbonyl (C=O) groups is 1. The van der Waals surface area contributed by atoms with Crippen LogP contribution in [0.2, 0.25) is 0 Å². The molecule has 1 aliphatic heterocycles. The van der Waals surface area contributed by atoms with Crippen molar-refractivity contribution < 1.29 is 13.9 Å². The Bertz CT molecular complexity index is 222. The van der Waals surface area contributed by atoms with Gasteiger partial charge in [0.15, 0.2) is 0 Å². The van der Waals surface area contributed by atoms with E-state index in [0.717, 1.165) is 13.0 Å². The number of hydrogen-bond donors (Lipinski definition) is 0. The minimum atomic E-state index is -2.33. The van der Waals surface area contributed by atoms with Gasteiger partial charge in [-0.25, -0.2) is 4.79 Å². The summed E-state index contributed by atoms with van der Waals surface area (Å²) in [6.45, 7) is 3.42. The Morgan fingerprint density at radius 3 is 2.85 bits per heavy atom. The lowest BCUT2D eigenvalue weighted by Crippen LogP contribution is -2.43. The van der Waals surface area contributed by atoms with E-state index in [-0.39, 0.29) is 6.03 Å². The molecular weight excluding hydrogens is 191 g/mol. The summed E-state index contributed by atoms with van der Waals surface area (Å²) in [5.74, 6) is 0. The van der Waals surface area contributed by atoms with Crippen molar-refractivity contribution in [1.82, 2.24) is 9.57 Å². The van der Waals surface area contributed by atoms with Gasteiger partial charge in [0.1, 0.15) is 0 Å². The van der Waals surface area contributed by atoms with Crippen molar-refractivity contribution >= 4 is 14.2 Å². The average molecular weight is 206 g/mol. The molecule has 1 heterocycles. The van der Waals surface area contributed by atoms with E-state index < -0.39 is 8.18 Å². The first-order chi connectivity index (χ1) is 6.16. The van der Waals surface area contributed by atoms with Gasteiger partial charge < -0.3 is 9.42 Å². The predicted molar refractivity (Wildman–Crippen MR) is 50.0 cm³/mol. The maximum atomic E-state index is 11.4. The van der Waals surface area contributed by atoms with Gasteiger partial charge in [0.25, 0.3) is 8.18 Å². The molecule has 0 aromatic heterocycles. The zero-order valence-electron chi connectivity index (χ0n) is 7.95. The summed E-state index contributed by atoms with van der Waals surface area (Å²) in [5, 5.41) is 0. The highest BCUT2D eigenvalue weighted by atomic mass is 31.1. The topological polar surface area (TPSA) is 49.9 Å². The highest BCUT2D eigenvalue weighted by Gasteiger charge is 2.26. The van der Waals surface area contributed by atoms with Crippen LogP contribution in [0.3, 0.4) is 0 Å². The van der Waals surface area contributed by atoms with Gasteiger partial charge in [-0.3, -0.25) is 9.24 Å². The minimum absolute atomic E-state index is 0.191. The molecule has 0 aromatic rings. The highest BCUT2D eigenvalue weighted by Crippen LogP contribution is 2.31. The second-order valence-electron chi connectivity index (χ2n) is 2.91. The van der Waals surface area contributed by atoms with Crippen LogP contribution in [0.4, 0.5) is 4.79 Å². The molecule has 6 heteroatoms. The van der Waals surface area contributed by atoms with Crippen molar-refractivity contribution in [2.24, 2.45) is 0 Å². The Hall–Kier alpha value is -0.540. The standard InChI is InChI=1S/C7H15N2O3P/c1-3-12-13(11)9-6-4-5-8(2)7(9)10/h13H,3-6H2,1-2H3. The molecule has 1 fully saturated rings. The molecule has 0 aliphatic carbocycles. The van der Waals surface area contributed by atoms with Crippen LogP contribution in [-0.2, 0) is 9.09 Å². The molecule has 0 saturated carbocycles. The SMILES string of the molecule is CCO[PH](=O)N1CCCN(C)C1=O. The smallest absolute Gasteiger partial charge is 0.326 e. The molecule has 1 rings (SSSR count). The summed E-state index contributed by atoms with van der Waals surface area (Å²) in [7, 11) is -0.626. The molecule has 2 amide bonds. The van der Waals surface area contributed by atoms with Gasteiger partial charge in [0.05, 0.1) is 6.61 Å². The van der Waals surface area contributed by atoms with E-state index >= 15 is 0 Å². The van der Waals surface area contributed by atoms with Crippen LogP contribution in [0, 0.1) is 0 Å². The average Bonchev–Trinajstić information content (AvgIpc) is 2.10. The van der Waals surface area contributed by atoms with Crippen molar-refractivity contribution in [2.45, 2.75) is 13.3 Å². The van der Waals surface area contributed by atoms with Gasteiger partial charge in [-0.2, -0.15) is 0 Å². The zero-order valence-corrected chi connectivity index (χ0v) is 8.95. The highest BCUT2D eigenvalue weighted by molar-refractivity contribution is 7.37. The lowest BCUT2D eigenvalue weighted by Gasteiger charge is -2.31. The lowest BCUT2D eigenvalue weighted by molar-refractivity contribution is 0.165. The van der Waals surface area contributed by atoms with Gasteiger partial charge >= 0.3 is 6.03 Å². The molecule has 5 nitrogen and oxygen atoms in total. The molecule has 0 radical (unpaired) electrons. The summed E-state index contributed by atoms with van der Waals surface area (Å²) in [6, 6.07) is -0.191. The molecule has 0 N–H and O–H groups in total. The van der Waals surface area contributed by atoms with Crippen molar-refractivity contribution in [2.75, 3.05) is 26.7 Å². The van der Waals surface area contributed by atoms with Crippen LogP contribution in [0.15, 0.2) is 0 Å². The van der Waals surface area contributed by atoms with Crippen molar-refractivity contribution in [1.29, 1.82) is 0 Å². The number of urea groups is 1. The predicted octanol–water partition coefficient (Wildman–Crippen LogP) is 1.17. The third-order valence-electron chi connectivity index (χ3n) is 1.92. The third-order valence-corrected chi connectivity index (χ3v) is 3.31. The Morgan fingerprint density at radius 1 is 1.54 bits per heavy atom. The van der Waals surface area contributed by atoms with E-state index in [1.165, 1.54) is 4.67 Å². The van der Waals surface area contributed by atoms with Gasteiger partial charge in [0.2, 0.25) is 0 Å². The van der Waals surface area contributed by atoms with E-state index in [9.17, 15) is 9.36 Å². The number of carbonyl (C=O) groups excluding carboxylic acids is 1. The first kappa shape index (κ1) is 10.5. The fourth-order valence-corrected chi connectivity index (χ4v) is 2.30. The van der Waals surface area contributed by atoms with Crippen LogP contribution < -0.4 is 0 Å². The van der Waals surface area contributed by atoms with Crippen LogP contribution in [0.1, 0.15) is 13.3 Å². The van der Waals surface area contributed by atoms with Crippen LogP contribution in [0.25, 0.3) is 0 Å². The molecule has 0 aromatic carbocycles. The molecule has 1 saturated heterocycles. The van der Waals surface area contributed by atoms with Crippen molar-refractivity contribution in [3.8, 4) is 0 Å². The van der Waals surface area contributed by atoms with Crippen molar-refractivity contribution in [3.05, 3.63) is 0 Å².